The van der Waals surface area contributed by atoms with Crippen LogP contribution in [0.1, 0.15) is 38.5 Å². The van der Waals surface area contributed by atoms with Crippen LogP contribution >= 0.6 is 0 Å². The van der Waals surface area contributed by atoms with Crippen molar-refractivity contribution in [3.63, 3.8) is 0 Å². The standard InChI is InChI=1S/C14H28N2O/c1-15-9-8-13-5-3-4-10-16(13)14(11-17-2)12-6-7-12/h12-15H,3-11H2,1-2H3. The van der Waals surface area contributed by atoms with Crippen LogP contribution in [0.25, 0.3) is 0 Å². The van der Waals surface area contributed by atoms with Gasteiger partial charge < -0.3 is 10.1 Å². The van der Waals surface area contributed by atoms with E-state index in [1.165, 1.54) is 45.1 Å². The van der Waals surface area contributed by atoms with E-state index in [2.05, 4.69) is 17.3 Å². The van der Waals surface area contributed by atoms with Crippen molar-refractivity contribution in [1.82, 2.24) is 10.2 Å². The lowest BCUT2D eigenvalue weighted by Gasteiger charge is -2.41. The molecule has 100 valence electrons. The summed E-state index contributed by atoms with van der Waals surface area (Å²) in [4.78, 5) is 2.77. The van der Waals surface area contributed by atoms with Gasteiger partial charge in [-0.15, -0.1) is 0 Å². The Balaban J connectivity index is 1.92. The number of nitrogens with zero attached hydrogens (tertiary/aromatic N) is 1. The van der Waals surface area contributed by atoms with E-state index in [4.69, 9.17) is 4.74 Å². The molecule has 0 aromatic carbocycles. The second kappa shape index (κ2) is 6.72. The van der Waals surface area contributed by atoms with Crippen molar-refractivity contribution in [2.75, 3.05) is 33.9 Å². The van der Waals surface area contributed by atoms with Crippen molar-refractivity contribution in [2.45, 2.75) is 50.6 Å². The Labute approximate surface area is 106 Å². The minimum absolute atomic E-state index is 0.696. The van der Waals surface area contributed by atoms with E-state index in [9.17, 15) is 0 Å². The summed E-state index contributed by atoms with van der Waals surface area (Å²) in [7, 11) is 3.91. The Bertz CT molecular complexity index is 218. The van der Waals surface area contributed by atoms with Crippen molar-refractivity contribution < 1.29 is 4.74 Å². The zero-order valence-electron chi connectivity index (χ0n) is 11.5. The first kappa shape index (κ1) is 13.3. The van der Waals surface area contributed by atoms with Crippen LogP contribution in [0.4, 0.5) is 0 Å². The molecule has 0 aromatic heterocycles. The maximum absolute atomic E-state index is 5.45. The summed E-state index contributed by atoms with van der Waals surface area (Å²) in [5.41, 5.74) is 0. The topological polar surface area (TPSA) is 24.5 Å². The molecular weight excluding hydrogens is 212 g/mol. The van der Waals surface area contributed by atoms with Crippen LogP contribution < -0.4 is 5.32 Å². The molecule has 1 saturated heterocycles. The summed E-state index contributed by atoms with van der Waals surface area (Å²) in [6.45, 7) is 3.37. The van der Waals surface area contributed by atoms with E-state index in [1.807, 2.05) is 7.11 Å². The predicted molar refractivity (Wildman–Crippen MR) is 71.3 cm³/mol. The van der Waals surface area contributed by atoms with Gasteiger partial charge in [0, 0.05) is 19.2 Å². The first-order valence-electron chi connectivity index (χ1n) is 7.26. The summed E-state index contributed by atoms with van der Waals surface area (Å²) in [5, 5.41) is 3.29. The Morgan fingerprint density at radius 2 is 2.12 bits per heavy atom. The highest BCUT2D eigenvalue weighted by molar-refractivity contribution is 4.92. The third-order valence-corrected chi connectivity index (χ3v) is 4.33. The average Bonchev–Trinajstić information content (AvgIpc) is 3.18. The molecule has 2 unspecified atom stereocenters. The molecule has 2 aliphatic rings. The summed E-state index contributed by atoms with van der Waals surface area (Å²) < 4.78 is 5.45. The van der Waals surface area contributed by atoms with E-state index in [0.717, 1.165) is 25.1 Å². The van der Waals surface area contributed by atoms with Gasteiger partial charge in [0.25, 0.3) is 0 Å². The molecule has 17 heavy (non-hydrogen) atoms. The van der Waals surface area contributed by atoms with Gasteiger partial charge in [0.15, 0.2) is 0 Å². The van der Waals surface area contributed by atoms with Crippen molar-refractivity contribution in [3.05, 3.63) is 0 Å². The number of rotatable bonds is 7. The van der Waals surface area contributed by atoms with E-state index in [0.29, 0.717) is 6.04 Å². The minimum atomic E-state index is 0.696. The first-order valence-corrected chi connectivity index (χ1v) is 7.26. The number of nitrogens with one attached hydrogen (secondary N) is 1. The van der Waals surface area contributed by atoms with Gasteiger partial charge in [-0.05, 0) is 58.2 Å². The normalized spacial score (nSPS) is 28.2. The van der Waals surface area contributed by atoms with Gasteiger partial charge in [-0.3, -0.25) is 4.90 Å². The predicted octanol–water partition coefficient (Wildman–Crippen LogP) is 1.88. The number of methoxy groups -OCH3 is 1. The van der Waals surface area contributed by atoms with Gasteiger partial charge in [-0.2, -0.15) is 0 Å². The number of likely N-dealkylation sites (tertiary alicyclic amines) is 1. The van der Waals surface area contributed by atoms with Crippen LogP contribution in [0.2, 0.25) is 0 Å². The number of piperidine rings is 1. The van der Waals surface area contributed by atoms with Crippen molar-refractivity contribution in [2.24, 2.45) is 5.92 Å². The van der Waals surface area contributed by atoms with Crippen LogP contribution in [0.3, 0.4) is 0 Å². The number of hydrogen-bond donors (Lipinski definition) is 1. The highest BCUT2D eigenvalue weighted by Crippen LogP contribution is 2.38. The van der Waals surface area contributed by atoms with Crippen molar-refractivity contribution >= 4 is 0 Å². The third-order valence-electron chi connectivity index (χ3n) is 4.33. The van der Waals surface area contributed by atoms with Crippen LogP contribution in [0, 0.1) is 5.92 Å². The number of hydrogen-bond acceptors (Lipinski definition) is 3. The fourth-order valence-electron chi connectivity index (χ4n) is 3.23. The van der Waals surface area contributed by atoms with E-state index >= 15 is 0 Å². The van der Waals surface area contributed by atoms with Gasteiger partial charge >= 0.3 is 0 Å². The van der Waals surface area contributed by atoms with Gasteiger partial charge in [0.2, 0.25) is 0 Å². The molecule has 1 aliphatic carbocycles. The lowest BCUT2D eigenvalue weighted by atomic mass is 9.96. The highest BCUT2D eigenvalue weighted by atomic mass is 16.5. The maximum Gasteiger partial charge on any atom is 0.0620 e. The molecule has 1 aliphatic heterocycles. The summed E-state index contributed by atoms with van der Waals surface area (Å²) in [6.07, 6.45) is 8.31. The van der Waals surface area contributed by atoms with Gasteiger partial charge in [-0.25, -0.2) is 0 Å². The quantitative estimate of drug-likeness (QED) is 0.735. The van der Waals surface area contributed by atoms with Crippen LogP contribution in [0.15, 0.2) is 0 Å². The minimum Gasteiger partial charge on any atom is -0.383 e. The summed E-state index contributed by atoms with van der Waals surface area (Å²) >= 11 is 0. The molecule has 3 nitrogen and oxygen atoms in total. The largest absolute Gasteiger partial charge is 0.383 e. The molecule has 1 N–H and O–H groups in total. The van der Waals surface area contributed by atoms with E-state index in [1.54, 1.807) is 0 Å². The summed E-state index contributed by atoms with van der Waals surface area (Å²) in [6, 6.07) is 1.49. The first-order chi connectivity index (χ1) is 8.36. The Kier molecular flexibility index (Phi) is 5.26. The van der Waals surface area contributed by atoms with E-state index < -0.39 is 0 Å². The van der Waals surface area contributed by atoms with Crippen molar-refractivity contribution in [1.29, 1.82) is 0 Å². The van der Waals surface area contributed by atoms with Crippen molar-refractivity contribution in [3.8, 4) is 0 Å². The Morgan fingerprint density at radius 3 is 2.76 bits per heavy atom. The van der Waals surface area contributed by atoms with Gasteiger partial charge in [-0.1, -0.05) is 6.42 Å². The fraction of sp³-hybridized carbons (Fsp3) is 1.00. The maximum atomic E-state index is 5.45. The molecule has 0 spiro atoms. The summed E-state index contributed by atoms with van der Waals surface area (Å²) in [5.74, 6) is 0.921. The Morgan fingerprint density at radius 1 is 1.29 bits per heavy atom. The SMILES string of the molecule is CNCCC1CCCCN1C(COC)C1CC1. The van der Waals surface area contributed by atoms with E-state index in [-0.39, 0.29) is 0 Å². The molecule has 3 heteroatoms. The molecular formula is C14H28N2O. The van der Waals surface area contributed by atoms with Crippen LogP contribution in [-0.4, -0.2) is 50.8 Å². The molecule has 2 fully saturated rings. The van der Waals surface area contributed by atoms with Crippen LogP contribution in [-0.2, 0) is 4.74 Å². The zero-order valence-corrected chi connectivity index (χ0v) is 11.5. The third kappa shape index (κ3) is 3.67. The van der Waals surface area contributed by atoms with Gasteiger partial charge in [0.05, 0.1) is 6.61 Å². The molecule has 0 bridgehead atoms. The fourth-order valence-corrected chi connectivity index (χ4v) is 3.23. The number of ether oxygens (including phenoxy) is 1. The molecule has 2 atom stereocenters. The zero-order chi connectivity index (χ0) is 12.1. The second-order valence-corrected chi connectivity index (χ2v) is 5.64. The average molecular weight is 240 g/mol. The molecule has 1 heterocycles. The molecule has 0 amide bonds. The molecule has 1 saturated carbocycles. The monoisotopic (exact) mass is 240 g/mol. The van der Waals surface area contributed by atoms with Crippen LogP contribution in [0.5, 0.6) is 0 Å². The lowest BCUT2D eigenvalue weighted by Crippen LogP contribution is -2.50. The Hall–Kier alpha value is -0.120. The smallest absolute Gasteiger partial charge is 0.0620 e. The molecule has 2 rings (SSSR count). The molecule has 0 radical (unpaired) electrons. The highest BCUT2D eigenvalue weighted by Gasteiger charge is 2.38. The second-order valence-electron chi connectivity index (χ2n) is 5.64. The lowest BCUT2D eigenvalue weighted by molar-refractivity contribution is 0.0269. The molecule has 0 aromatic rings. The van der Waals surface area contributed by atoms with Gasteiger partial charge in [0.1, 0.15) is 0 Å².